The van der Waals surface area contributed by atoms with Crippen LogP contribution in [0.3, 0.4) is 0 Å². The number of fused-ring (bicyclic) bond motifs is 1. The second-order valence-corrected chi connectivity index (χ2v) is 7.94. The van der Waals surface area contributed by atoms with Crippen molar-refractivity contribution in [1.82, 2.24) is 24.7 Å². The lowest BCUT2D eigenvalue weighted by molar-refractivity contribution is -0.129. The maximum absolute atomic E-state index is 13.0. The zero-order valence-corrected chi connectivity index (χ0v) is 16.8. The highest BCUT2D eigenvalue weighted by molar-refractivity contribution is 7.08. The number of carbonyl (C=O) groups excluding carboxylic acids is 1. The predicted octanol–water partition coefficient (Wildman–Crippen LogP) is 3.09. The molecule has 0 N–H and O–H groups in total. The molecular formula is C21H20N6OS. The third-order valence-electron chi connectivity index (χ3n) is 5.34. The highest BCUT2D eigenvalue weighted by atomic mass is 32.1. The third kappa shape index (κ3) is 3.25. The van der Waals surface area contributed by atoms with E-state index in [-0.39, 0.29) is 11.9 Å². The van der Waals surface area contributed by atoms with Crippen LogP contribution in [0.1, 0.15) is 12.0 Å². The average Bonchev–Trinajstić information content (AvgIpc) is 3.48. The molecule has 29 heavy (non-hydrogen) atoms. The Bertz CT molecular complexity index is 1140. The predicted molar refractivity (Wildman–Crippen MR) is 113 cm³/mol. The molecule has 1 aliphatic rings. The lowest BCUT2D eigenvalue weighted by Crippen LogP contribution is -2.40. The van der Waals surface area contributed by atoms with Crippen molar-refractivity contribution in [2.24, 2.45) is 0 Å². The van der Waals surface area contributed by atoms with Crippen molar-refractivity contribution < 1.29 is 4.79 Å². The molecule has 1 aliphatic heterocycles. The van der Waals surface area contributed by atoms with Gasteiger partial charge in [-0.15, -0.1) is 15.3 Å². The normalized spacial score (nSPS) is 16.7. The van der Waals surface area contributed by atoms with E-state index in [4.69, 9.17) is 5.10 Å². The van der Waals surface area contributed by atoms with Gasteiger partial charge in [-0.05, 0) is 35.6 Å². The van der Waals surface area contributed by atoms with Crippen LogP contribution in [0, 0.1) is 0 Å². The molecule has 1 aromatic carbocycles. The van der Waals surface area contributed by atoms with E-state index in [2.05, 4.69) is 22.3 Å². The van der Waals surface area contributed by atoms with Gasteiger partial charge in [-0.2, -0.15) is 15.9 Å². The quantitative estimate of drug-likeness (QED) is 0.511. The van der Waals surface area contributed by atoms with Crippen LogP contribution in [-0.2, 0) is 11.3 Å². The first-order valence-corrected chi connectivity index (χ1v) is 10.5. The summed E-state index contributed by atoms with van der Waals surface area (Å²) in [5.74, 6) is 1.58. The molecule has 0 saturated carbocycles. The molecule has 7 nitrogen and oxygen atoms in total. The fraction of sp³-hybridized carbons (Fsp3) is 0.238. The second kappa shape index (κ2) is 7.29. The Morgan fingerprint density at radius 1 is 1.14 bits per heavy atom. The summed E-state index contributed by atoms with van der Waals surface area (Å²) in [4.78, 5) is 16.9. The van der Waals surface area contributed by atoms with Gasteiger partial charge in [-0.3, -0.25) is 4.79 Å². The zero-order chi connectivity index (χ0) is 19.8. The Kier molecular flexibility index (Phi) is 4.48. The second-order valence-electron chi connectivity index (χ2n) is 7.16. The molecular weight excluding hydrogens is 384 g/mol. The van der Waals surface area contributed by atoms with Gasteiger partial charge in [-0.25, -0.2) is 0 Å². The fourth-order valence-electron chi connectivity index (χ4n) is 3.74. The molecule has 0 spiro atoms. The number of hydrogen-bond acceptors (Lipinski definition) is 6. The van der Waals surface area contributed by atoms with Gasteiger partial charge in [0.05, 0.1) is 0 Å². The molecule has 0 radical (unpaired) electrons. The van der Waals surface area contributed by atoms with Crippen molar-refractivity contribution in [3.05, 3.63) is 64.9 Å². The van der Waals surface area contributed by atoms with Crippen LogP contribution in [-0.4, -0.2) is 50.3 Å². The van der Waals surface area contributed by atoms with E-state index >= 15 is 0 Å². The minimum atomic E-state index is -0.218. The summed E-state index contributed by atoms with van der Waals surface area (Å²) in [5, 5.41) is 17.2. The van der Waals surface area contributed by atoms with Gasteiger partial charge in [-0.1, -0.05) is 30.3 Å². The number of nitrogens with zero attached hydrogens (tertiary/aromatic N) is 6. The SMILES string of the molecule is CN(c1ccc2nnc(-c3ccsc3)n2n1)C1CCN(Cc2ccccc2)C1=O. The van der Waals surface area contributed by atoms with Crippen LogP contribution in [0.5, 0.6) is 0 Å². The molecule has 0 aliphatic carbocycles. The lowest BCUT2D eigenvalue weighted by Gasteiger charge is -2.24. The molecule has 5 rings (SSSR count). The molecule has 0 bridgehead atoms. The number of hydrogen-bond donors (Lipinski definition) is 0. The van der Waals surface area contributed by atoms with E-state index in [9.17, 15) is 4.79 Å². The Hall–Kier alpha value is -3.26. The summed E-state index contributed by atoms with van der Waals surface area (Å²) < 4.78 is 1.75. The highest BCUT2D eigenvalue weighted by Gasteiger charge is 2.35. The largest absolute Gasteiger partial charge is 0.346 e. The van der Waals surface area contributed by atoms with Gasteiger partial charge in [0.2, 0.25) is 5.91 Å². The van der Waals surface area contributed by atoms with Crippen molar-refractivity contribution in [2.45, 2.75) is 19.0 Å². The van der Waals surface area contributed by atoms with Gasteiger partial charge in [0, 0.05) is 31.1 Å². The molecule has 1 atom stereocenters. The smallest absolute Gasteiger partial charge is 0.245 e. The number of anilines is 1. The standard InChI is InChI=1S/C21H20N6OS/c1-25(17-9-11-26(21(17)28)13-15-5-3-2-4-6-15)19-8-7-18-22-23-20(27(18)24-19)16-10-12-29-14-16/h2-8,10,12,14,17H,9,11,13H2,1H3. The van der Waals surface area contributed by atoms with Crippen LogP contribution in [0.25, 0.3) is 17.0 Å². The summed E-state index contributed by atoms with van der Waals surface area (Å²) >= 11 is 1.61. The van der Waals surface area contributed by atoms with Crippen molar-refractivity contribution in [1.29, 1.82) is 0 Å². The van der Waals surface area contributed by atoms with Crippen molar-refractivity contribution in [2.75, 3.05) is 18.5 Å². The summed E-state index contributed by atoms with van der Waals surface area (Å²) in [6.07, 6.45) is 0.779. The molecule has 3 aromatic heterocycles. The Morgan fingerprint density at radius 3 is 2.79 bits per heavy atom. The van der Waals surface area contributed by atoms with E-state index in [0.717, 1.165) is 29.9 Å². The minimum Gasteiger partial charge on any atom is -0.346 e. The number of likely N-dealkylation sites (N-methyl/N-ethyl adjacent to an activating group) is 1. The Labute approximate surface area is 172 Å². The molecule has 146 valence electrons. The topological polar surface area (TPSA) is 66.6 Å². The number of benzene rings is 1. The van der Waals surface area contributed by atoms with Gasteiger partial charge in [0.15, 0.2) is 11.5 Å². The zero-order valence-electron chi connectivity index (χ0n) is 16.0. The number of likely N-dealkylation sites (tertiary alicyclic amines) is 1. The molecule has 1 fully saturated rings. The molecule has 4 heterocycles. The molecule has 4 aromatic rings. The molecule has 8 heteroatoms. The summed E-state index contributed by atoms with van der Waals surface area (Å²) in [6.45, 7) is 1.39. The number of carbonyl (C=O) groups is 1. The van der Waals surface area contributed by atoms with E-state index in [0.29, 0.717) is 18.0 Å². The van der Waals surface area contributed by atoms with Crippen LogP contribution in [0.15, 0.2) is 59.3 Å². The molecule has 1 unspecified atom stereocenters. The van der Waals surface area contributed by atoms with Crippen molar-refractivity contribution in [3.8, 4) is 11.4 Å². The van der Waals surface area contributed by atoms with Crippen LogP contribution < -0.4 is 4.90 Å². The van der Waals surface area contributed by atoms with Gasteiger partial charge in [0.1, 0.15) is 11.9 Å². The first kappa shape index (κ1) is 17.8. The lowest BCUT2D eigenvalue weighted by atomic mass is 10.2. The number of thiophene rings is 1. The summed E-state index contributed by atoms with van der Waals surface area (Å²) in [6, 6.07) is 15.7. The third-order valence-corrected chi connectivity index (χ3v) is 6.03. The molecule has 1 saturated heterocycles. The minimum absolute atomic E-state index is 0.139. The summed E-state index contributed by atoms with van der Waals surface area (Å²) in [5.41, 5.74) is 2.82. The highest BCUT2D eigenvalue weighted by Crippen LogP contribution is 2.25. The Balaban J connectivity index is 1.39. The van der Waals surface area contributed by atoms with Gasteiger partial charge < -0.3 is 9.80 Å². The van der Waals surface area contributed by atoms with E-state index in [1.165, 1.54) is 0 Å². The Morgan fingerprint density at radius 2 is 2.00 bits per heavy atom. The maximum atomic E-state index is 13.0. The van der Waals surface area contributed by atoms with E-state index < -0.39 is 0 Å². The number of aromatic nitrogens is 4. The van der Waals surface area contributed by atoms with Crippen LogP contribution >= 0.6 is 11.3 Å². The van der Waals surface area contributed by atoms with Crippen LogP contribution in [0.4, 0.5) is 5.82 Å². The van der Waals surface area contributed by atoms with E-state index in [1.807, 2.05) is 64.0 Å². The number of amides is 1. The van der Waals surface area contributed by atoms with Gasteiger partial charge >= 0.3 is 0 Å². The van der Waals surface area contributed by atoms with E-state index in [1.54, 1.807) is 15.9 Å². The number of rotatable bonds is 5. The van der Waals surface area contributed by atoms with Crippen molar-refractivity contribution >= 4 is 28.7 Å². The van der Waals surface area contributed by atoms with Crippen molar-refractivity contribution in [3.63, 3.8) is 0 Å². The fourth-order valence-corrected chi connectivity index (χ4v) is 4.38. The van der Waals surface area contributed by atoms with Crippen LogP contribution in [0.2, 0.25) is 0 Å². The van der Waals surface area contributed by atoms with Gasteiger partial charge in [0.25, 0.3) is 0 Å². The first-order valence-electron chi connectivity index (χ1n) is 9.51. The average molecular weight is 404 g/mol. The summed E-state index contributed by atoms with van der Waals surface area (Å²) in [7, 11) is 1.93. The first-order chi connectivity index (χ1) is 14.2. The monoisotopic (exact) mass is 404 g/mol. The maximum Gasteiger partial charge on any atom is 0.245 e. The molecule has 1 amide bonds.